The highest BCUT2D eigenvalue weighted by Gasteiger charge is 2.26. The fourth-order valence-corrected chi connectivity index (χ4v) is 3.63. The molecule has 4 aromatic rings. The van der Waals surface area contributed by atoms with Crippen LogP contribution in [0.5, 0.6) is 0 Å². The minimum absolute atomic E-state index is 0.0160. The Balaban J connectivity index is 1.72. The van der Waals surface area contributed by atoms with E-state index in [-0.39, 0.29) is 18.1 Å². The largest absolute Gasteiger partial charge is 0.481 e. The molecule has 0 saturated heterocycles. The quantitative estimate of drug-likeness (QED) is 0.248. The van der Waals surface area contributed by atoms with Crippen molar-refractivity contribution in [2.45, 2.75) is 12.3 Å². The molecule has 7 nitrogen and oxygen atoms in total. The van der Waals surface area contributed by atoms with Gasteiger partial charge in [0.1, 0.15) is 23.3 Å². The number of nitrogen functional groups attached to an aromatic ring is 2. The van der Waals surface area contributed by atoms with E-state index in [4.69, 9.17) is 26.7 Å². The molecule has 30 heavy (non-hydrogen) atoms. The van der Waals surface area contributed by atoms with Gasteiger partial charge >= 0.3 is 5.97 Å². The summed E-state index contributed by atoms with van der Waals surface area (Å²) >= 11 is 0. The van der Waals surface area contributed by atoms with Gasteiger partial charge in [0.15, 0.2) is 0 Å². The number of aliphatic carboxylic acids is 1. The predicted molar refractivity (Wildman–Crippen MR) is 116 cm³/mol. The van der Waals surface area contributed by atoms with Crippen LogP contribution in [0.25, 0.3) is 21.5 Å². The number of fused-ring (bicyclic) bond motifs is 2. The van der Waals surface area contributed by atoms with Crippen molar-refractivity contribution in [3.8, 4) is 0 Å². The minimum atomic E-state index is -0.987. The first-order valence-corrected chi connectivity index (χ1v) is 9.29. The fraction of sp³-hybridized carbons (Fsp3) is 0.0870. The van der Waals surface area contributed by atoms with Gasteiger partial charge in [-0.2, -0.15) is 0 Å². The van der Waals surface area contributed by atoms with E-state index >= 15 is 0 Å². The second-order valence-electron chi connectivity index (χ2n) is 7.22. The van der Waals surface area contributed by atoms with Gasteiger partial charge in [0, 0.05) is 21.9 Å². The number of carbonyl (C=O) groups is 1. The average molecular weight is 400 g/mol. The Kier molecular flexibility index (Phi) is 4.71. The number of nitrogens with two attached hydrogens (primary N) is 2. The Morgan fingerprint density at radius 1 is 0.900 bits per heavy atom. The van der Waals surface area contributed by atoms with Crippen LogP contribution in [0.4, 0.5) is 0 Å². The number of rotatable bonds is 6. The van der Waals surface area contributed by atoms with E-state index < -0.39 is 11.9 Å². The fourth-order valence-electron chi connectivity index (χ4n) is 3.63. The molecule has 7 heteroatoms. The van der Waals surface area contributed by atoms with Gasteiger partial charge in [-0.1, -0.05) is 42.5 Å². The highest BCUT2D eigenvalue weighted by atomic mass is 16.4. The molecule has 0 radical (unpaired) electrons. The summed E-state index contributed by atoms with van der Waals surface area (Å²) in [4.78, 5) is 12.1. The molecular weight excluding hydrogens is 380 g/mol. The summed E-state index contributed by atoms with van der Waals surface area (Å²) in [5, 5.41) is 28.3. The van der Waals surface area contributed by atoms with E-state index in [9.17, 15) is 9.90 Å². The molecule has 0 aliphatic heterocycles. The topological polar surface area (TPSA) is 150 Å². The molecule has 3 aromatic carbocycles. The molecule has 1 aromatic heterocycles. The molecule has 0 aliphatic carbocycles. The van der Waals surface area contributed by atoms with Crippen molar-refractivity contribution in [1.82, 2.24) is 0 Å². The molecule has 1 heterocycles. The molecule has 0 bridgehead atoms. The van der Waals surface area contributed by atoms with Crippen molar-refractivity contribution in [2.24, 2.45) is 11.5 Å². The molecule has 0 fully saturated rings. The smallest absolute Gasteiger partial charge is 0.314 e. The first-order valence-electron chi connectivity index (χ1n) is 9.29. The van der Waals surface area contributed by atoms with Gasteiger partial charge in [-0.05, 0) is 34.9 Å². The summed E-state index contributed by atoms with van der Waals surface area (Å²) in [7, 11) is 0. The molecule has 150 valence electrons. The molecule has 0 aliphatic rings. The lowest BCUT2D eigenvalue weighted by atomic mass is 9.93. The Hall–Kier alpha value is -4.13. The zero-order valence-electron chi connectivity index (χ0n) is 16.0. The molecular formula is C23H20N4O3. The Morgan fingerprint density at radius 3 is 2.20 bits per heavy atom. The lowest BCUT2D eigenvalue weighted by molar-refractivity contribution is -0.139. The molecule has 0 spiro atoms. The molecule has 0 saturated carbocycles. The van der Waals surface area contributed by atoms with Crippen LogP contribution in [-0.4, -0.2) is 22.7 Å². The summed E-state index contributed by atoms with van der Waals surface area (Å²) in [5.41, 5.74) is 13.1. The maximum absolute atomic E-state index is 12.1. The summed E-state index contributed by atoms with van der Waals surface area (Å²) in [6.07, 6.45) is 1.74. The maximum atomic E-state index is 12.1. The third kappa shape index (κ3) is 3.48. The van der Waals surface area contributed by atoms with E-state index in [1.54, 1.807) is 24.3 Å². The number of benzene rings is 3. The normalized spacial score (nSPS) is 12.1. The number of hydrogen-bond acceptors (Lipinski definition) is 4. The van der Waals surface area contributed by atoms with Gasteiger partial charge in [0.2, 0.25) is 0 Å². The van der Waals surface area contributed by atoms with E-state index in [0.717, 1.165) is 16.3 Å². The number of carboxylic acids is 1. The molecule has 0 amide bonds. The first-order chi connectivity index (χ1) is 14.3. The highest BCUT2D eigenvalue weighted by Crippen LogP contribution is 2.32. The second kappa shape index (κ2) is 7.36. The van der Waals surface area contributed by atoms with Crippen molar-refractivity contribution in [3.05, 3.63) is 83.3 Å². The molecule has 1 atom stereocenters. The number of nitrogens with one attached hydrogen (secondary N) is 2. The van der Waals surface area contributed by atoms with Crippen molar-refractivity contribution < 1.29 is 14.3 Å². The monoisotopic (exact) mass is 400 g/mol. The van der Waals surface area contributed by atoms with Gasteiger partial charge in [-0.3, -0.25) is 15.6 Å². The standard InChI is InChI=1S/C23H20N4O3/c24-21(25)14-4-3-13-2-1-12(7-16(13)9-14)8-19(23(28)29)20-18-6-5-15(22(26)27)10-17(18)11-30-20/h1-7,9-11,19H,8H2,(H3,24,25)(H3,26,27)(H,28,29). The van der Waals surface area contributed by atoms with Crippen LogP contribution < -0.4 is 11.5 Å². The lowest BCUT2D eigenvalue weighted by Crippen LogP contribution is -2.14. The summed E-state index contributed by atoms with van der Waals surface area (Å²) in [5.74, 6) is -1.57. The third-order valence-corrected chi connectivity index (χ3v) is 5.21. The predicted octanol–water partition coefficient (Wildman–Crippen LogP) is 3.57. The van der Waals surface area contributed by atoms with Crippen LogP contribution in [0.1, 0.15) is 28.4 Å². The second-order valence-corrected chi connectivity index (χ2v) is 7.22. The van der Waals surface area contributed by atoms with Crippen LogP contribution in [0.2, 0.25) is 0 Å². The Morgan fingerprint density at radius 2 is 1.53 bits per heavy atom. The Bertz CT molecular complexity index is 1320. The van der Waals surface area contributed by atoms with Gasteiger partial charge in [0.25, 0.3) is 0 Å². The first kappa shape index (κ1) is 19.2. The van der Waals surface area contributed by atoms with Crippen LogP contribution in [0, 0.1) is 10.8 Å². The van der Waals surface area contributed by atoms with Crippen molar-refractivity contribution in [2.75, 3.05) is 0 Å². The van der Waals surface area contributed by atoms with Crippen LogP contribution >= 0.6 is 0 Å². The lowest BCUT2D eigenvalue weighted by Gasteiger charge is -2.12. The minimum Gasteiger partial charge on any atom is -0.481 e. The Labute approximate surface area is 171 Å². The third-order valence-electron chi connectivity index (χ3n) is 5.21. The number of carboxylic acid groups (broad SMARTS) is 1. The van der Waals surface area contributed by atoms with Gasteiger partial charge in [-0.15, -0.1) is 0 Å². The van der Waals surface area contributed by atoms with Crippen molar-refractivity contribution in [3.63, 3.8) is 0 Å². The number of furan rings is 1. The van der Waals surface area contributed by atoms with Crippen molar-refractivity contribution in [1.29, 1.82) is 10.8 Å². The van der Waals surface area contributed by atoms with Crippen LogP contribution in [-0.2, 0) is 11.2 Å². The highest BCUT2D eigenvalue weighted by molar-refractivity contribution is 6.00. The number of hydrogen-bond donors (Lipinski definition) is 5. The maximum Gasteiger partial charge on any atom is 0.314 e. The summed E-state index contributed by atoms with van der Waals surface area (Å²) in [6, 6.07) is 16.4. The van der Waals surface area contributed by atoms with Crippen molar-refractivity contribution >= 4 is 39.2 Å². The van der Waals surface area contributed by atoms with Gasteiger partial charge < -0.3 is 21.0 Å². The van der Waals surface area contributed by atoms with E-state index in [0.29, 0.717) is 27.7 Å². The van der Waals surface area contributed by atoms with Gasteiger partial charge in [0.05, 0.1) is 6.26 Å². The average Bonchev–Trinajstić information content (AvgIpc) is 3.14. The summed E-state index contributed by atoms with van der Waals surface area (Å²) in [6.45, 7) is 0. The zero-order chi connectivity index (χ0) is 21.4. The SMILES string of the molecule is N=C(N)c1ccc2ccc(CC(C(=O)O)c3occ4cc(C(=N)N)ccc34)cc2c1. The molecule has 4 rings (SSSR count). The zero-order valence-corrected chi connectivity index (χ0v) is 16.0. The van der Waals surface area contributed by atoms with E-state index in [1.165, 1.54) is 6.26 Å². The summed E-state index contributed by atoms with van der Waals surface area (Å²) < 4.78 is 5.65. The molecule has 1 unspecified atom stereocenters. The van der Waals surface area contributed by atoms with Gasteiger partial charge in [-0.25, -0.2) is 0 Å². The van der Waals surface area contributed by atoms with Crippen LogP contribution in [0.3, 0.4) is 0 Å². The van der Waals surface area contributed by atoms with Crippen LogP contribution in [0.15, 0.2) is 65.3 Å². The van der Waals surface area contributed by atoms with E-state index in [1.807, 2.05) is 30.3 Å². The molecule has 7 N–H and O–H groups in total. The van der Waals surface area contributed by atoms with E-state index in [2.05, 4.69) is 0 Å². The number of amidine groups is 2.